The molecule has 0 saturated heterocycles. The van der Waals surface area contributed by atoms with E-state index >= 15 is 0 Å². The first-order valence-corrected chi connectivity index (χ1v) is 8.86. The summed E-state index contributed by atoms with van der Waals surface area (Å²) >= 11 is 0. The van der Waals surface area contributed by atoms with Gasteiger partial charge in [0.05, 0.1) is 0 Å². The Kier molecular flexibility index (Phi) is 4.52. The van der Waals surface area contributed by atoms with Gasteiger partial charge in [-0.25, -0.2) is 13.1 Å². The summed E-state index contributed by atoms with van der Waals surface area (Å²) in [7, 11) is -3.47. The second kappa shape index (κ2) is 6.56. The average molecular weight is 317 g/mol. The Hall–Kier alpha value is -1.76. The Balaban J connectivity index is 1.51. The van der Waals surface area contributed by atoms with Gasteiger partial charge in [-0.05, 0) is 36.1 Å². The molecular weight excluding hydrogens is 298 g/mol. The predicted octanol–water partition coefficient (Wildman–Crippen LogP) is 1.64. The highest BCUT2D eigenvalue weighted by atomic mass is 32.2. The molecule has 6 heteroatoms. The van der Waals surface area contributed by atoms with Crippen LogP contribution in [0.15, 0.2) is 53.7 Å². The van der Waals surface area contributed by atoms with Crippen molar-refractivity contribution in [3.63, 3.8) is 0 Å². The fourth-order valence-electron chi connectivity index (χ4n) is 2.79. The van der Waals surface area contributed by atoms with Crippen molar-refractivity contribution in [3.8, 4) is 0 Å². The molecule has 0 saturated carbocycles. The van der Waals surface area contributed by atoms with Crippen LogP contribution in [0.3, 0.4) is 0 Å². The number of benzene rings is 1. The fraction of sp³-hybridized carbons (Fsp3) is 0.312. The molecule has 2 aromatic rings. The molecule has 0 bridgehead atoms. The zero-order valence-corrected chi connectivity index (χ0v) is 13.0. The van der Waals surface area contributed by atoms with E-state index in [9.17, 15) is 8.42 Å². The molecule has 0 radical (unpaired) electrons. The number of aryl methyl sites for hydroxylation is 1. The second-order valence-electron chi connectivity index (χ2n) is 5.33. The number of hydrogen-bond donors (Lipinski definition) is 2. The quantitative estimate of drug-likeness (QED) is 0.795. The summed E-state index contributed by atoms with van der Waals surface area (Å²) in [6.07, 6.45) is 5.05. The largest absolute Gasteiger partial charge is 0.309 e. The summed E-state index contributed by atoms with van der Waals surface area (Å²) < 4.78 is 26.7. The lowest BCUT2D eigenvalue weighted by molar-refractivity contribution is 0.525. The molecule has 0 fully saturated rings. The average Bonchev–Trinajstić information content (AvgIpc) is 2.96. The monoisotopic (exact) mass is 317 g/mol. The van der Waals surface area contributed by atoms with Crippen LogP contribution in [0, 0.1) is 0 Å². The van der Waals surface area contributed by atoms with Gasteiger partial charge in [-0.15, -0.1) is 0 Å². The second-order valence-corrected chi connectivity index (χ2v) is 7.10. The van der Waals surface area contributed by atoms with Gasteiger partial charge < -0.3 is 5.32 Å². The van der Waals surface area contributed by atoms with Gasteiger partial charge in [0.15, 0.2) is 0 Å². The molecule has 5 nitrogen and oxygen atoms in total. The maximum Gasteiger partial charge on any atom is 0.242 e. The zero-order valence-electron chi connectivity index (χ0n) is 12.2. The Morgan fingerprint density at radius 1 is 1.14 bits per heavy atom. The standard InChI is InChI=1S/C16H19N3O2S/c20-22(21,14-5-3-9-17-12-14)19-11-10-18-16-8-7-13-4-1-2-6-15(13)16/h1-6,9,12,16,18-19H,7-8,10-11H2/t16-/m1/s1. The van der Waals surface area contributed by atoms with E-state index in [1.165, 1.54) is 23.4 Å². The van der Waals surface area contributed by atoms with Gasteiger partial charge in [-0.1, -0.05) is 24.3 Å². The van der Waals surface area contributed by atoms with Crippen LogP contribution in [0.1, 0.15) is 23.6 Å². The molecule has 3 rings (SSSR count). The molecule has 22 heavy (non-hydrogen) atoms. The number of aromatic nitrogens is 1. The van der Waals surface area contributed by atoms with E-state index < -0.39 is 10.0 Å². The van der Waals surface area contributed by atoms with Gasteiger partial charge in [0.1, 0.15) is 4.90 Å². The molecule has 1 aromatic heterocycles. The molecule has 2 N–H and O–H groups in total. The van der Waals surface area contributed by atoms with E-state index in [-0.39, 0.29) is 4.90 Å². The van der Waals surface area contributed by atoms with Crippen molar-refractivity contribution in [1.82, 2.24) is 15.0 Å². The number of rotatable bonds is 6. The molecule has 1 aromatic carbocycles. The van der Waals surface area contributed by atoms with Crippen LogP contribution in [-0.4, -0.2) is 26.5 Å². The number of nitrogens with one attached hydrogen (secondary N) is 2. The van der Waals surface area contributed by atoms with Gasteiger partial charge in [-0.3, -0.25) is 4.98 Å². The van der Waals surface area contributed by atoms with Crippen molar-refractivity contribution in [2.24, 2.45) is 0 Å². The minimum atomic E-state index is -3.47. The van der Waals surface area contributed by atoms with Crippen LogP contribution in [0.5, 0.6) is 0 Å². The van der Waals surface area contributed by atoms with Crippen LogP contribution < -0.4 is 10.0 Å². The molecule has 0 aliphatic heterocycles. The first-order chi connectivity index (χ1) is 10.7. The summed E-state index contributed by atoms with van der Waals surface area (Å²) in [5.41, 5.74) is 2.72. The molecule has 0 spiro atoms. The van der Waals surface area contributed by atoms with Crippen LogP contribution in [0.25, 0.3) is 0 Å². The van der Waals surface area contributed by atoms with Crippen LogP contribution in [-0.2, 0) is 16.4 Å². The van der Waals surface area contributed by atoms with Crippen molar-refractivity contribution in [2.75, 3.05) is 13.1 Å². The van der Waals surface area contributed by atoms with Crippen molar-refractivity contribution in [2.45, 2.75) is 23.8 Å². The fourth-order valence-corrected chi connectivity index (χ4v) is 3.79. The van der Waals surface area contributed by atoms with E-state index in [0.29, 0.717) is 19.1 Å². The predicted molar refractivity (Wildman–Crippen MR) is 84.9 cm³/mol. The Morgan fingerprint density at radius 3 is 2.82 bits per heavy atom. The van der Waals surface area contributed by atoms with Gasteiger partial charge in [0.25, 0.3) is 0 Å². The molecule has 1 aliphatic rings. The Morgan fingerprint density at radius 2 is 2.00 bits per heavy atom. The first kappa shape index (κ1) is 15.1. The number of hydrogen-bond acceptors (Lipinski definition) is 4. The summed E-state index contributed by atoms with van der Waals surface area (Å²) in [5, 5.41) is 3.42. The third-order valence-electron chi connectivity index (χ3n) is 3.89. The molecule has 1 aliphatic carbocycles. The number of fused-ring (bicyclic) bond motifs is 1. The maximum atomic E-state index is 12.0. The van der Waals surface area contributed by atoms with Crippen LogP contribution in [0.2, 0.25) is 0 Å². The zero-order chi connectivity index (χ0) is 15.4. The normalized spacial score (nSPS) is 17.4. The van der Waals surface area contributed by atoms with Gasteiger partial charge in [-0.2, -0.15) is 0 Å². The van der Waals surface area contributed by atoms with Crippen LogP contribution >= 0.6 is 0 Å². The number of sulfonamides is 1. The first-order valence-electron chi connectivity index (χ1n) is 7.38. The summed E-state index contributed by atoms with van der Waals surface area (Å²) in [4.78, 5) is 4.03. The highest BCUT2D eigenvalue weighted by Gasteiger charge is 2.21. The van der Waals surface area contributed by atoms with E-state index in [1.807, 2.05) is 6.07 Å². The van der Waals surface area contributed by atoms with Crippen molar-refractivity contribution in [3.05, 3.63) is 59.9 Å². The molecule has 116 valence electrons. The van der Waals surface area contributed by atoms with E-state index in [0.717, 1.165) is 12.8 Å². The van der Waals surface area contributed by atoms with E-state index in [2.05, 4.69) is 33.2 Å². The van der Waals surface area contributed by atoms with Crippen molar-refractivity contribution >= 4 is 10.0 Å². The molecule has 1 atom stereocenters. The van der Waals surface area contributed by atoms with Crippen LogP contribution in [0.4, 0.5) is 0 Å². The lowest BCUT2D eigenvalue weighted by atomic mass is 10.1. The lowest BCUT2D eigenvalue weighted by Crippen LogP contribution is -2.33. The minimum absolute atomic E-state index is 0.196. The summed E-state index contributed by atoms with van der Waals surface area (Å²) in [6.45, 7) is 0.953. The van der Waals surface area contributed by atoms with E-state index in [1.54, 1.807) is 12.3 Å². The van der Waals surface area contributed by atoms with Gasteiger partial charge in [0, 0.05) is 31.5 Å². The highest BCUT2D eigenvalue weighted by molar-refractivity contribution is 7.89. The maximum absolute atomic E-state index is 12.0. The Bertz CT molecular complexity index is 732. The molecular formula is C16H19N3O2S. The number of nitrogens with zero attached hydrogens (tertiary/aromatic N) is 1. The molecule has 0 unspecified atom stereocenters. The lowest BCUT2D eigenvalue weighted by Gasteiger charge is -2.14. The molecule has 0 amide bonds. The van der Waals surface area contributed by atoms with Gasteiger partial charge >= 0.3 is 0 Å². The number of pyridine rings is 1. The van der Waals surface area contributed by atoms with Crippen molar-refractivity contribution in [1.29, 1.82) is 0 Å². The topological polar surface area (TPSA) is 71.1 Å². The smallest absolute Gasteiger partial charge is 0.242 e. The third kappa shape index (κ3) is 3.35. The SMILES string of the molecule is O=S(=O)(NCCN[C@@H]1CCc2ccccc21)c1cccnc1. The van der Waals surface area contributed by atoms with E-state index in [4.69, 9.17) is 0 Å². The summed E-state index contributed by atoms with van der Waals surface area (Å²) in [5.74, 6) is 0. The minimum Gasteiger partial charge on any atom is -0.309 e. The summed E-state index contributed by atoms with van der Waals surface area (Å²) in [6, 6.07) is 11.9. The highest BCUT2D eigenvalue weighted by Crippen LogP contribution is 2.30. The third-order valence-corrected chi connectivity index (χ3v) is 5.33. The van der Waals surface area contributed by atoms with Gasteiger partial charge in [0.2, 0.25) is 10.0 Å². The molecule has 1 heterocycles. The Labute approximate surface area is 130 Å². The van der Waals surface area contributed by atoms with Crippen molar-refractivity contribution < 1.29 is 8.42 Å².